The molecule has 0 unspecified atom stereocenters. The summed E-state index contributed by atoms with van der Waals surface area (Å²) in [7, 11) is 0. The quantitative estimate of drug-likeness (QED) is 0.645. The predicted molar refractivity (Wildman–Crippen MR) is 39.0 cm³/mol. The maximum Gasteiger partial charge on any atom is 0.222 e. The summed E-state index contributed by atoms with van der Waals surface area (Å²) >= 11 is 0.279. The normalized spacial score (nSPS) is 9.30. The van der Waals surface area contributed by atoms with Crippen molar-refractivity contribution in [3.05, 3.63) is 24.3 Å². The molecule has 0 fully saturated rings. The lowest BCUT2D eigenvalue weighted by Gasteiger charge is -1.97. The summed E-state index contributed by atoms with van der Waals surface area (Å²) in [6.45, 7) is 0. The molecule has 54 valence electrons. The van der Waals surface area contributed by atoms with Crippen molar-refractivity contribution in [3.8, 4) is 11.5 Å². The van der Waals surface area contributed by atoms with Crippen LogP contribution in [0.2, 0.25) is 0 Å². The van der Waals surface area contributed by atoms with Crippen LogP contribution in [0.25, 0.3) is 0 Å². The number of hydrogen-bond acceptors (Lipinski definition) is 4. The molecular weight excluding hydrogens is 152 g/mol. The predicted octanol–water partition coefficient (Wildman–Crippen LogP) is 1.89. The second-order valence-electron chi connectivity index (χ2n) is 1.65. The number of rotatable bonds is 2. The van der Waals surface area contributed by atoms with Crippen molar-refractivity contribution in [1.82, 2.24) is 0 Å². The molecule has 2 N–H and O–H groups in total. The summed E-state index contributed by atoms with van der Waals surface area (Å²) in [5.74, 6) is 0.681. The van der Waals surface area contributed by atoms with E-state index in [0.29, 0.717) is 5.75 Å². The van der Waals surface area contributed by atoms with E-state index in [1.807, 2.05) is 0 Å². The van der Waals surface area contributed by atoms with E-state index in [1.165, 1.54) is 12.1 Å². The molecule has 0 bridgehead atoms. The molecule has 3 nitrogen and oxygen atoms in total. The van der Waals surface area contributed by atoms with Gasteiger partial charge in [0.1, 0.15) is 11.5 Å². The van der Waals surface area contributed by atoms with Gasteiger partial charge < -0.3 is 9.29 Å². The van der Waals surface area contributed by atoms with Crippen molar-refractivity contribution in [2.24, 2.45) is 0 Å². The number of benzene rings is 1. The highest BCUT2D eigenvalue weighted by Crippen LogP contribution is 2.18. The minimum atomic E-state index is 0.176. The van der Waals surface area contributed by atoms with Crippen molar-refractivity contribution in [2.75, 3.05) is 0 Å². The van der Waals surface area contributed by atoms with E-state index >= 15 is 0 Å². The molecule has 0 spiro atoms. The Morgan fingerprint density at radius 1 is 1.20 bits per heavy atom. The minimum Gasteiger partial charge on any atom is -0.508 e. The van der Waals surface area contributed by atoms with Gasteiger partial charge in [0.05, 0.1) is 0 Å². The second-order valence-corrected chi connectivity index (χ2v) is 1.97. The van der Waals surface area contributed by atoms with Gasteiger partial charge in [-0.3, -0.25) is 4.55 Å². The number of phenols is 1. The fourth-order valence-electron chi connectivity index (χ4n) is 0.545. The van der Waals surface area contributed by atoms with Crippen LogP contribution in [0, 0.1) is 0 Å². The molecule has 1 aromatic rings. The first-order valence-corrected chi connectivity index (χ1v) is 3.30. The monoisotopic (exact) mass is 158 g/mol. The van der Waals surface area contributed by atoms with Crippen molar-refractivity contribution in [3.63, 3.8) is 0 Å². The lowest BCUT2D eigenvalue weighted by Crippen LogP contribution is -1.76. The van der Waals surface area contributed by atoms with Crippen LogP contribution >= 0.6 is 12.3 Å². The molecule has 0 atom stereocenters. The Labute approximate surface area is 62.7 Å². The van der Waals surface area contributed by atoms with E-state index in [4.69, 9.17) is 9.66 Å². The fraction of sp³-hybridized carbons (Fsp3) is 0. The Morgan fingerprint density at radius 2 is 1.80 bits per heavy atom. The number of aromatic hydroxyl groups is 1. The average molecular weight is 158 g/mol. The van der Waals surface area contributed by atoms with E-state index in [0.717, 1.165) is 0 Å². The van der Waals surface area contributed by atoms with Gasteiger partial charge in [-0.05, 0) is 24.3 Å². The van der Waals surface area contributed by atoms with E-state index in [2.05, 4.69) is 4.18 Å². The number of phenolic OH excluding ortho intramolecular Hbond substituents is 1. The van der Waals surface area contributed by atoms with Crippen molar-refractivity contribution in [2.45, 2.75) is 0 Å². The molecule has 0 amide bonds. The van der Waals surface area contributed by atoms with Gasteiger partial charge in [0.2, 0.25) is 12.3 Å². The Kier molecular flexibility index (Phi) is 2.42. The van der Waals surface area contributed by atoms with Crippen LogP contribution in [0.1, 0.15) is 0 Å². The Morgan fingerprint density at radius 3 is 2.30 bits per heavy atom. The zero-order valence-electron chi connectivity index (χ0n) is 5.02. The molecule has 0 aromatic heterocycles. The summed E-state index contributed by atoms with van der Waals surface area (Å²) in [6, 6.07) is 6.06. The van der Waals surface area contributed by atoms with Crippen LogP contribution in [-0.2, 0) is 0 Å². The molecule has 1 rings (SSSR count). The maximum atomic E-state index is 8.80. The highest BCUT2D eigenvalue weighted by molar-refractivity contribution is 7.89. The SMILES string of the molecule is OSOc1ccc(O)cc1. The Hall–Kier alpha value is -0.870. The number of hydrogen-bond donors (Lipinski definition) is 2. The standard InChI is InChI=1S/C6H6O3S/c7-5-1-3-6(4-2-5)9-10-8/h1-4,7-8H. The topological polar surface area (TPSA) is 49.7 Å². The smallest absolute Gasteiger partial charge is 0.222 e. The molecule has 0 heterocycles. The molecule has 4 heteroatoms. The molecule has 10 heavy (non-hydrogen) atoms. The summed E-state index contributed by atoms with van der Waals surface area (Å²) < 4.78 is 12.8. The third kappa shape index (κ3) is 1.82. The molecule has 0 saturated carbocycles. The van der Waals surface area contributed by atoms with Crippen LogP contribution in [0.5, 0.6) is 11.5 Å². The maximum absolute atomic E-state index is 8.80. The molecule has 0 aliphatic rings. The van der Waals surface area contributed by atoms with Crippen molar-refractivity contribution in [1.29, 1.82) is 0 Å². The van der Waals surface area contributed by atoms with Crippen molar-refractivity contribution >= 4 is 12.3 Å². The first kappa shape index (κ1) is 7.24. The van der Waals surface area contributed by atoms with Crippen LogP contribution in [-0.4, -0.2) is 9.66 Å². The zero-order chi connectivity index (χ0) is 7.40. The van der Waals surface area contributed by atoms with E-state index in [9.17, 15) is 0 Å². The first-order valence-electron chi connectivity index (χ1n) is 2.60. The highest BCUT2D eigenvalue weighted by atomic mass is 32.2. The second kappa shape index (κ2) is 3.34. The Bertz CT molecular complexity index is 197. The Balaban J connectivity index is 2.69. The van der Waals surface area contributed by atoms with E-state index in [-0.39, 0.29) is 18.1 Å². The fourth-order valence-corrected chi connectivity index (χ4v) is 0.742. The van der Waals surface area contributed by atoms with Gasteiger partial charge in [-0.15, -0.1) is 0 Å². The summed E-state index contributed by atoms with van der Waals surface area (Å²) in [5, 5.41) is 8.80. The van der Waals surface area contributed by atoms with Gasteiger partial charge in [0.25, 0.3) is 0 Å². The zero-order valence-corrected chi connectivity index (χ0v) is 5.84. The van der Waals surface area contributed by atoms with Gasteiger partial charge in [-0.2, -0.15) is 0 Å². The highest BCUT2D eigenvalue weighted by Gasteiger charge is 1.91. The van der Waals surface area contributed by atoms with Crippen LogP contribution in [0.4, 0.5) is 0 Å². The molecule has 0 saturated heterocycles. The third-order valence-electron chi connectivity index (χ3n) is 0.970. The average Bonchev–Trinajstić information content (AvgIpc) is 1.95. The first-order chi connectivity index (χ1) is 4.83. The van der Waals surface area contributed by atoms with Gasteiger partial charge in [-0.1, -0.05) is 0 Å². The van der Waals surface area contributed by atoms with Gasteiger partial charge in [0.15, 0.2) is 0 Å². The summed E-state index contributed by atoms with van der Waals surface area (Å²) in [6.07, 6.45) is 0. The summed E-state index contributed by atoms with van der Waals surface area (Å²) in [5.41, 5.74) is 0. The lowest BCUT2D eigenvalue weighted by atomic mass is 10.3. The van der Waals surface area contributed by atoms with Crippen LogP contribution < -0.4 is 4.18 Å². The van der Waals surface area contributed by atoms with E-state index in [1.54, 1.807) is 12.1 Å². The van der Waals surface area contributed by atoms with Crippen LogP contribution in [0.15, 0.2) is 24.3 Å². The van der Waals surface area contributed by atoms with Gasteiger partial charge >= 0.3 is 0 Å². The largest absolute Gasteiger partial charge is 0.508 e. The molecule has 0 radical (unpaired) electrons. The molecule has 0 aliphatic carbocycles. The lowest BCUT2D eigenvalue weighted by molar-refractivity contribution is 0.473. The van der Waals surface area contributed by atoms with Gasteiger partial charge in [-0.25, -0.2) is 0 Å². The van der Waals surface area contributed by atoms with Crippen LogP contribution in [0.3, 0.4) is 0 Å². The minimum absolute atomic E-state index is 0.176. The summed E-state index contributed by atoms with van der Waals surface area (Å²) in [4.78, 5) is 0. The third-order valence-corrected chi connectivity index (χ3v) is 1.24. The van der Waals surface area contributed by atoms with Gasteiger partial charge in [0, 0.05) is 0 Å². The van der Waals surface area contributed by atoms with Crippen molar-refractivity contribution < 1.29 is 13.8 Å². The van der Waals surface area contributed by atoms with E-state index < -0.39 is 0 Å². The molecule has 0 aliphatic heterocycles. The molecular formula is C6H6O3S. The molecule has 1 aromatic carbocycles.